The van der Waals surface area contributed by atoms with Crippen LogP contribution in [0.15, 0.2) is 24.3 Å². The van der Waals surface area contributed by atoms with Gasteiger partial charge in [-0.3, -0.25) is 19.3 Å². The number of Topliss-reactive ketones (excluding diaryl/α,β-unsaturated/α-hetero) is 1. The van der Waals surface area contributed by atoms with Crippen LogP contribution < -0.4 is 0 Å². The number of likely N-dealkylation sites (tertiary alicyclic amines) is 1. The number of ketones is 1. The van der Waals surface area contributed by atoms with E-state index in [2.05, 4.69) is 0 Å². The minimum atomic E-state index is -0.471. The molecule has 0 N–H and O–H groups in total. The number of hydrogen-bond donors (Lipinski definition) is 0. The Labute approximate surface area is 123 Å². The van der Waals surface area contributed by atoms with Crippen molar-refractivity contribution in [1.82, 2.24) is 4.90 Å². The lowest BCUT2D eigenvalue weighted by atomic mass is 9.56. The molecular formula is C17H17NO3. The Balaban J connectivity index is 1.91. The van der Waals surface area contributed by atoms with Crippen LogP contribution in [-0.4, -0.2) is 28.5 Å². The van der Waals surface area contributed by atoms with Crippen molar-refractivity contribution in [2.45, 2.75) is 38.1 Å². The van der Waals surface area contributed by atoms with Crippen LogP contribution in [0.25, 0.3) is 0 Å². The summed E-state index contributed by atoms with van der Waals surface area (Å²) in [7, 11) is 0. The van der Waals surface area contributed by atoms with Crippen molar-refractivity contribution in [2.24, 2.45) is 11.8 Å². The summed E-state index contributed by atoms with van der Waals surface area (Å²) in [6.07, 6.45) is 0.397. The molecule has 0 radical (unpaired) electrons. The molecule has 4 nitrogen and oxygen atoms in total. The fourth-order valence-corrected chi connectivity index (χ4v) is 4.49. The lowest BCUT2D eigenvalue weighted by molar-refractivity contribution is -0.142. The standard InChI is InChI=1S/C17H17NO3/c1-8(2)18-16(20)14-11-7-12(19)13(15(14)17(18)21)10-6-4-3-5-9(10)11/h3-6,8,11,13-15H,7H2,1-2H3/t11-,13-,14-,15+/m0/s1. The Morgan fingerprint density at radius 1 is 1.00 bits per heavy atom. The van der Waals surface area contributed by atoms with Gasteiger partial charge in [-0.05, 0) is 25.0 Å². The predicted octanol–water partition coefficient (Wildman–Crippen LogP) is 1.85. The molecule has 1 aliphatic heterocycles. The van der Waals surface area contributed by atoms with E-state index in [1.807, 2.05) is 38.1 Å². The molecule has 4 atom stereocenters. The number of benzene rings is 1. The van der Waals surface area contributed by atoms with Gasteiger partial charge in [0, 0.05) is 18.4 Å². The molecule has 3 aliphatic carbocycles. The Morgan fingerprint density at radius 2 is 1.62 bits per heavy atom. The number of carbonyl (C=O) groups excluding carboxylic acids is 3. The van der Waals surface area contributed by atoms with Crippen molar-refractivity contribution in [2.75, 3.05) is 0 Å². The van der Waals surface area contributed by atoms with Gasteiger partial charge < -0.3 is 0 Å². The Morgan fingerprint density at radius 3 is 2.29 bits per heavy atom. The highest BCUT2D eigenvalue weighted by Gasteiger charge is 2.62. The monoisotopic (exact) mass is 283 g/mol. The Hall–Kier alpha value is -1.97. The predicted molar refractivity (Wildman–Crippen MR) is 75.5 cm³/mol. The van der Waals surface area contributed by atoms with E-state index in [0.29, 0.717) is 6.42 Å². The third-order valence-electron chi connectivity index (χ3n) is 5.24. The molecule has 1 aromatic carbocycles. The molecule has 1 heterocycles. The summed E-state index contributed by atoms with van der Waals surface area (Å²) >= 11 is 0. The van der Waals surface area contributed by atoms with Crippen molar-refractivity contribution in [3.8, 4) is 0 Å². The van der Waals surface area contributed by atoms with E-state index < -0.39 is 11.8 Å². The number of nitrogens with zero attached hydrogens (tertiary/aromatic N) is 1. The summed E-state index contributed by atoms with van der Waals surface area (Å²) in [5, 5.41) is 0. The summed E-state index contributed by atoms with van der Waals surface area (Å²) in [6, 6.07) is 7.65. The van der Waals surface area contributed by atoms with E-state index in [-0.39, 0.29) is 35.5 Å². The Kier molecular flexibility index (Phi) is 2.44. The van der Waals surface area contributed by atoms with Crippen LogP contribution in [0.4, 0.5) is 0 Å². The molecule has 0 aromatic heterocycles. The van der Waals surface area contributed by atoms with Crippen LogP contribution >= 0.6 is 0 Å². The van der Waals surface area contributed by atoms with E-state index >= 15 is 0 Å². The second-order valence-electron chi connectivity index (χ2n) is 6.58. The van der Waals surface area contributed by atoms with Gasteiger partial charge in [-0.15, -0.1) is 0 Å². The molecule has 2 amide bonds. The smallest absolute Gasteiger partial charge is 0.234 e. The SMILES string of the molecule is CC(C)N1C(=O)[C@@H]2[C@H](C1=O)[C@@H]1C(=O)C[C@H]2c2ccccc21. The summed E-state index contributed by atoms with van der Waals surface area (Å²) in [5.74, 6) is -1.47. The van der Waals surface area contributed by atoms with E-state index in [0.717, 1.165) is 11.1 Å². The number of imide groups is 1. The van der Waals surface area contributed by atoms with Crippen molar-refractivity contribution >= 4 is 17.6 Å². The first-order valence-corrected chi connectivity index (χ1v) is 7.51. The van der Waals surface area contributed by atoms with E-state index in [1.165, 1.54) is 4.90 Å². The maximum Gasteiger partial charge on any atom is 0.234 e. The van der Waals surface area contributed by atoms with Gasteiger partial charge in [0.25, 0.3) is 0 Å². The summed E-state index contributed by atoms with van der Waals surface area (Å²) in [4.78, 5) is 39.2. The maximum atomic E-state index is 12.7. The minimum Gasteiger partial charge on any atom is -0.299 e. The average Bonchev–Trinajstić information content (AvgIpc) is 2.72. The zero-order chi connectivity index (χ0) is 14.9. The molecule has 4 aliphatic rings. The highest BCUT2D eigenvalue weighted by atomic mass is 16.2. The molecule has 1 saturated heterocycles. The van der Waals surface area contributed by atoms with Gasteiger partial charge >= 0.3 is 0 Å². The zero-order valence-electron chi connectivity index (χ0n) is 12.1. The molecular weight excluding hydrogens is 266 g/mol. The number of fused-ring (bicyclic) bond motifs is 1. The summed E-state index contributed by atoms with van der Waals surface area (Å²) in [6.45, 7) is 3.70. The van der Waals surface area contributed by atoms with Gasteiger partial charge in [0.2, 0.25) is 11.8 Å². The third kappa shape index (κ3) is 1.42. The molecule has 5 rings (SSSR count). The van der Waals surface area contributed by atoms with Crippen LogP contribution in [0.3, 0.4) is 0 Å². The Bertz CT molecular complexity index is 678. The average molecular weight is 283 g/mol. The topological polar surface area (TPSA) is 54.5 Å². The van der Waals surface area contributed by atoms with Crippen LogP contribution in [0, 0.1) is 11.8 Å². The number of carbonyl (C=O) groups is 3. The van der Waals surface area contributed by atoms with Crippen molar-refractivity contribution < 1.29 is 14.4 Å². The van der Waals surface area contributed by atoms with Crippen molar-refractivity contribution in [1.29, 1.82) is 0 Å². The van der Waals surface area contributed by atoms with Gasteiger partial charge in [-0.2, -0.15) is 0 Å². The third-order valence-corrected chi connectivity index (χ3v) is 5.24. The van der Waals surface area contributed by atoms with E-state index in [4.69, 9.17) is 0 Å². The molecule has 2 fully saturated rings. The molecule has 1 saturated carbocycles. The fourth-order valence-electron chi connectivity index (χ4n) is 4.49. The highest BCUT2D eigenvalue weighted by Crippen LogP contribution is 2.57. The van der Waals surface area contributed by atoms with E-state index in [9.17, 15) is 14.4 Å². The summed E-state index contributed by atoms with van der Waals surface area (Å²) < 4.78 is 0. The molecule has 4 heteroatoms. The maximum absolute atomic E-state index is 12.7. The fraction of sp³-hybridized carbons (Fsp3) is 0.471. The second-order valence-corrected chi connectivity index (χ2v) is 6.58. The highest BCUT2D eigenvalue weighted by molar-refractivity contribution is 6.11. The van der Waals surface area contributed by atoms with Crippen LogP contribution in [0.5, 0.6) is 0 Å². The van der Waals surface area contributed by atoms with Crippen LogP contribution in [0.2, 0.25) is 0 Å². The van der Waals surface area contributed by atoms with Gasteiger partial charge in [0.15, 0.2) is 0 Å². The minimum absolute atomic E-state index is 0.0861. The molecule has 21 heavy (non-hydrogen) atoms. The molecule has 1 aromatic rings. The molecule has 108 valence electrons. The van der Waals surface area contributed by atoms with Gasteiger partial charge in [0.1, 0.15) is 5.78 Å². The first-order chi connectivity index (χ1) is 10.0. The van der Waals surface area contributed by atoms with E-state index in [1.54, 1.807) is 0 Å². The zero-order valence-corrected chi connectivity index (χ0v) is 12.1. The molecule has 0 spiro atoms. The van der Waals surface area contributed by atoms with Gasteiger partial charge in [-0.25, -0.2) is 0 Å². The van der Waals surface area contributed by atoms with Crippen molar-refractivity contribution in [3.05, 3.63) is 35.4 Å². The van der Waals surface area contributed by atoms with Crippen LogP contribution in [0.1, 0.15) is 43.2 Å². The normalized spacial score (nSPS) is 33.7. The van der Waals surface area contributed by atoms with Crippen LogP contribution in [-0.2, 0) is 14.4 Å². The van der Waals surface area contributed by atoms with Gasteiger partial charge in [0.05, 0.1) is 17.8 Å². The van der Waals surface area contributed by atoms with Gasteiger partial charge in [-0.1, -0.05) is 24.3 Å². The summed E-state index contributed by atoms with van der Waals surface area (Å²) in [5.41, 5.74) is 2.06. The first kappa shape index (κ1) is 12.7. The molecule has 0 unspecified atom stereocenters. The second kappa shape index (κ2) is 4.03. The van der Waals surface area contributed by atoms with Crippen molar-refractivity contribution in [3.63, 3.8) is 0 Å². The quantitative estimate of drug-likeness (QED) is 0.739. The lowest BCUT2D eigenvalue weighted by Crippen LogP contribution is -2.44. The number of amides is 2. The largest absolute Gasteiger partial charge is 0.299 e. The molecule has 2 bridgehead atoms. The number of hydrogen-bond acceptors (Lipinski definition) is 3. The number of rotatable bonds is 1. The lowest BCUT2D eigenvalue weighted by Gasteiger charge is -2.43. The first-order valence-electron chi connectivity index (χ1n) is 7.51.